The normalized spacial score (nSPS) is 11.9. The molecule has 1 atom stereocenters. The molecule has 3 N–H and O–H groups in total. The Morgan fingerprint density at radius 2 is 2.05 bits per heavy atom. The van der Waals surface area contributed by atoms with Crippen LogP contribution >= 0.6 is 0 Å². The third-order valence-corrected chi connectivity index (χ3v) is 3.19. The molecule has 116 valence electrons. The van der Waals surface area contributed by atoms with Gasteiger partial charge in [0.2, 0.25) is 0 Å². The highest BCUT2D eigenvalue weighted by Crippen LogP contribution is 2.21. The van der Waals surface area contributed by atoms with Crippen LogP contribution in [-0.4, -0.2) is 33.2 Å². The SMILES string of the molecule is CC(CCC(=O)O)NC(=O)c1cn[nH]c1-c1ccc(F)cc1. The second-order valence-electron chi connectivity index (χ2n) is 4.97. The topological polar surface area (TPSA) is 95.1 Å². The van der Waals surface area contributed by atoms with Crippen LogP contribution in [0.2, 0.25) is 0 Å². The van der Waals surface area contributed by atoms with Gasteiger partial charge >= 0.3 is 5.97 Å². The van der Waals surface area contributed by atoms with Gasteiger partial charge in [0.25, 0.3) is 5.91 Å². The fourth-order valence-corrected chi connectivity index (χ4v) is 2.01. The van der Waals surface area contributed by atoms with Gasteiger partial charge in [0.15, 0.2) is 0 Å². The summed E-state index contributed by atoms with van der Waals surface area (Å²) in [5.74, 6) is -1.63. The predicted molar refractivity (Wildman–Crippen MR) is 77.8 cm³/mol. The van der Waals surface area contributed by atoms with Gasteiger partial charge in [0.1, 0.15) is 5.82 Å². The molecule has 1 aromatic heterocycles. The molecule has 2 rings (SSSR count). The van der Waals surface area contributed by atoms with Crippen LogP contribution in [0.25, 0.3) is 11.3 Å². The molecule has 0 aliphatic carbocycles. The molecule has 0 bridgehead atoms. The molecule has 7 heteroatoms. The minimum Gasteiger partial charge on any atom is -0.481 e. The molecule has 0 aliphatic rings. The summed E-state index contributed by atoms with van der Waals surface area (Å²) in [4.78, 5) is 22.8. The number of carbonyl (C=O) groups is 2. The van der Waals surface area contributed by atoms with Crippen molar-refractivity contribution < 1.29 is 19.1 Å². The Morgan fingerprint density at radius 3 is 2.68 bits per heavy atom. The number of benzene rings is 1. The number of rotatable bonds is 6. The number of nitrogens with one attached hydrogen (secondary N) is 2. The molecule has 1 amide bonds. The molecule has 22 heavy (non-hydrogen) atoms. The zero-order valence-corrected chi connectivity index (χ0v) is 12.0. The van der Waals surface area contributed by atoms with Crippen molar-refractivity contribution in [2.24, 2.45) is 0 Å². The van der Waals surface area contributed by atoms with E-state index in [2.05, 4.69) is 15.5 Å². The van der Waals surface area contributed by atoms with Gasteiger partial charge in [0.05, 0.1) is 17.5 Å². The van der Waals surface area contributed by atoms with E-state index in [9.17, 15) is 14.0 Å². The smallest absolute Gasteiger partial charge is 0.303 e. The van der Waals surface area contributed by atoms with E-state index in [4.69, 9.17) is 5.11 Å². The monoisotopic (exact) mass is 305 g/mol. The Kier molecular flexibility index (Phi) is 4.88. The summed E-state index contributed by atoms with van der Waals surface area (Å²) in [6.07, 6.45) is 1.71. The van der Waals surface area contributed by atoms with Crippen molar-refractivity contribution in [3.63, 3.8) is 0 Å². The molecule has 6 nitrogen and oxygen atoms in total. The van der Waals surface area contributed by atoms with Gasteiger partial charge in [-0.05, 0) is 37.6 Å². The van der Waals surface area contributed by atoms with E-state index in [1.165, 1.54) is 18.3 Å². The number of carbonyl (C=O) groups excluding carboxylic acids is 1. The van der Waals surface area contributed by atoms with Crippen molar-refractivity contribution in [3.8, 4) is 11.3 Å². The van der Waals surface area contributed by atoms with E-state index in [-0.39, 0.29) is 24.2 Å². The molecule has 2 aromatic rings. The standard InChI is InChI=1S/C15H16FN3O3/c1-9(2-7-13(20)21)18-15(22)12-8-17-19-14(12)10-3-5-11(16)6-4-10/h3-6,8-9H,2,7H2,1H3,(H,17,19)(H,18,22)(H,20,21). The predicted octanol–water partition coefficient (Wildman–Crippen LogP) is 2.20. The number of amides is 1. The van der Waals surface area contributed by atoms with Crippen LogP contribution in [0.4, 0.5) is 4.39 Å². The van der Waals surface area contributed by atoms with Crippen LogP contribution in [0.5, 0.6) is 0 Å². The number of aliphatic carboxylic acids is 1. The fourth-order valence-electron chi connectivity index (χ4n) is 2.01. The first-order valence-electron chi connectivity index (χ1n) is 6.79. The van der Waals surface area contributed by atoms with Crippen molar-refractivity contribution >= 4 is 11.9 Å². The number of carboxylic acid groups (broad SMARTS) is 1. The maximum Gasteiger partial charge on any atom is 0.303 e. The number of aromatic amines is 1. The second kappa shape index (κ2) is 6.84. The summed E-state index contributed by atoms with van der Waals surface area (Å²) >= 11 is 0. The number of carboxylic acids is 1. The van der Waals surface area contributed by atoms with E-state index in [1.807, 2.05) is 0 Å². The van der Waals surface area contributed by atoms with Gasteiger partial charge in [-0.3, -0.25) is 14.7 Å². The quantitative estimate of drug-likeness (QED) is 0.762. The lowest BCUT2D eigenvalue weighted by atomic mass is 10.1. The van der Waals surface area contributed by atoms with Gasteiger partial charge in [-0.2, -0.15) is 5.10 Å². The Labute approximate surface area is 126 Å². The van der Waals surface area contributed by atoms with Crippen LogP contribution in [0.1, 0.15) is 30.1 Å². The molecule has 0 radical (unpaired) electrons. The van der Waals surface area contributed by atoms with Crippen LogP contribution in [0.3, 0.4) is 0 Å². The average molecular weight is 305 g/mol. The Bertz CT molecular complexity index is 667. The third kappa shape index (κ3) is 3.91. The lowest BCUT2D eigenvalue weighted by Gasteiger charge is -2.12. The number of halogens is 1. The van der Waals surface area contributed by atoms with Gasteiger partial charge in [-0.25, -0.2) is 4.39 Å². The molecular formula is C15H16FN3O3. The zero-order chi connectivity index (χ0) is 16.1. The third-order valence-electron chi connectivity index (χ3n) is 3.19. The fraction of sp³-hybridized carbons (Fsp3) is 0.267. The van der Waals surface area contributed by atoms with Crippen LogP contribution < -0.4 is 5.32 Å². The maximum absolute atomic E-state index is 13.0. The van der Waals surface area contributed by atoms with E-state index in [0.29, 0.717) is 23.2 Å². The van der Waals surface area contributed by atoms with Gasteiger partial charge in [-0.1, -0.05) is 0 Å². The molecule has 0 saturated carbocycles. The van der Waals surface area contributed by atoms with Gasteiger partial charge in [-0.15, -0.1) is 0 Å². The summed E-state index contributed by atoms with van der Waals surface area (Å²) in [6.45, 7) is 1.73. The average Bonchev–Trinajstić information content (AvgIpc) is 2.95. The van der Waals surface area contributed by atoms with Gasteiger partial charge < -0.3 is 10.4 Å². The van der Waals surface area contributed by atoms with Crippen LogP contribution in [-0.2, 0) is 4.79 Å². The number of hydrogen-bond acceptors (Lipinski definition) is 3. The van der Waals surface area contributed by atoms with Crippen molar-refractivity contribution in [1.82, 2.24) is 15.5 Å². The van der Waals surface area contributed by atoms with E-state index in [1.54, 1.807) is 19.1 Å². The van der Waals surface area contributed by atoms with Crippen LogP contribution in [0.15, 0.2) is 30.5 Å². The molecule has 0 saturated heterocycles. The summed E-state index contributed by atoms with van der Waals surface area (Å²) in [5, 5.41) is 17.9. The van der Waals surface area contributed by atoms with Crippen molar-refractivity contribution in [2.45, 2.75) is 25.8 Å². The maximum atomic E-state index is 13.0. The first kappa shape index (κ1) is 15.7. The highest BCUT2D eigenvalue weighted by atomic mass is 19.1. The summed E-state index contributed by atoms with van der Waals surface area (Å²) in [5.41, 5.74) is 1.46. The largest absolute Gasteiger partial charge is 0.481 e. The first-order chi connectivity index (χ1) is 10.5. The highest BCUT2D eigenvalue weighted by molar-refractivity contribution is 5.99. The minimum absolute atomic E-state index is 0.0162. The van der Waals surface area contributed by atoms with Crippen molar-refractivity contribution in [1.29, 1.82) is 0 Å². The molecule has 0 aliphatic heterocycles. The second-order valence-corrected chi connectivity index (χ2v) is 4.97. The summed E-state index contributed by atoms with van der Waals surface area (Å²) in [6, 6.07) is 5.42. The van der Waals surface area contributed by atoms with Crippen molar-refractivity contribution in [3.05, 3.63) is 41.8 Å². The zero-order valence-electron chi connectivity index (χ0n) is 12.0. The Balaban J connectivity index is 2.10. The minimum atomic E-state index is -0.906. The molecule has 1 aromatic carbocycles. The number of H-pyrrole nitrogens is 1. The molecule has 0 fully saturated rings. The molecule has 1 unspecified atom stereocenters. The molecule has 0 spiro atoms. The van der Waals surface area contributed by atoms with Crippen LogP contribution in [0, 0.1) is 5.82 Å². The number of nitrogens with zero attached hydrogens (tertiary/aromatic N) is 1. The van der Waals surface area contributed by atoms with E-state index >= 15 is 0 Å². The lowest BCUT2D eigenvalue weighted by molar-refractivity contribution is -0.137. The Hall–Kier alpha value is -2.70. The van der Waals surface area contributed by atoms with Crippen molar-refractivity contribution in [2.75, 3.05) is 0 Å². The van der Waals surface area contributed by atoms with E-state index < -0.39 is 5.97 Å². The lowest BCUT2D eigenvalue weighted by Crippen LogP contribution is -2.33. The molecule has 1 heterocycles. The number of aromatic nitrogens is 2. The molecular weight excluding hydrogens is 289 g/mol. The number of hydrogen-bond donors (Lipinski definition) is 3. The van der Waals surface area contributed by atoms with Gasteiger partial charge in [0, 0.05) is 18.0 Å². The van der Waals surface area contributed by atoms with E-state index in [0.717, 1.165) is 0 Å². The first-order valence-corrected chi connectivity index (χ1v) is 6.79. The summed E-state index contributed by atoms with van der Waals surface area (Å²) < 4.78 is 13.0. The highest BCUT2D eigenvalue weighted by Gasteiger charge is 2.17. The summed E-state index contributed by atoms with van der Waals surface area (Å²) in [7, 11) is 0. The Morgan fingerprint density at radius 1 is 1.36 bits per heavy atom.